The molecule has 1 aliphatic heterocycles. The Morgan fingerprint density at radius 3 is 2.88 bits per heavy atom. The predicted molar refractivity (Wildman–Crippen MR) is 74.7 cm³/mol. The Labute approximate surface area is 105 Å². The van der Waals surface area contributed by atoms with E-state index in [0.29, 0.717) is 0 Å². The van der Waals surface area contributed by atoms with Gasteiger partial charge >= 0.3 is 0 Å². The highest BCUT2D eigenvalue weighted by atomic mass is 15.1. The maximum absolute atomic E-state index is 3.57. The number of anilines is 1. The molecule has 0 spiro atoms. The van der Waals surface area contributed by atoms with Gasteiger partial charge in [-0.05, 0) is 43.9 Å². The molecule has 2 heteroatoms. The van der Waals surface area contributed by atoms with Gasteiger partial charge in [-0.25, -0.2) is 0 Å². The molecule has 1 unspecified atom stereocenters. The predicted octanol–water partition coefficient (Wildman–Crippen LogP) is 2.83. The van der Waals surface area contributed by atoms with Crippen LogP contribution in [0.2, 0.25) is 0 Å². The number of hydrogen-bond acceptors (Lipinski definition) is 2. The van der Waals surface area contributed by atoms with Crippen LogP contribution < -0.4 is 10.2 Å². The van der Waals surface area contributed by atoms with E-state index in [2.05, 4.69) is 48.5 Å². The van der Waals surface area contributed by atoms with Gasteiger partial charge in [0.05, 0.1) is 0 Å². The van der Waals surface area contributed by atoms with Gasteiger partial charge in [-0.1, -0.05) is 25.1 Å². The van der Waals surface area contributed by atoms with Gasteiger partial charge in [-0.3, -0.25) is 0 Å². The van der Waals surface area contributed by atoms with Gasteiger partial charge in [0.25, 0.3) is 0 Å². The third-order valence-corrected chi connectivity index (χ3v) is 3.76. The number of rotatable bonds is 5. The number of aryl methyl sites for hydroxylation is 1. The lowest BCUT2D eigenvalue weighted by Crippen LogP contribution is -2.28. The molecule has 0 aromatic heterocycles. The van der Waals surface area contributed by atoms with Crippen molar-refractivity contribution in [1.82, 2.24) is 5.32 Å². The molecule has 94 valence electrons. The minimum Gasteiger partial charge on any atom is -0.374 e. The summed E-state index contributed by atoms with van der Waals surface area (Å²) in [6.07, 6.45) is 5.07. The molecule has 2 nitrogen and oxygen atoms in total. The number of nitrogens with zero attached hydrogens (tertiary/aromatic N) is 1. The van der Waals surface area contributed by atoms with Crippen molar-refractivity contribution in [3.63, 3.8) is 0 Å². The Balaban J connectivity index is 1.91. The summed E-state index contributed by atoms with van der Waals surface area (Å²) in [5, 5.41) is 3.57. The van der Waals surface area contributed by atoms with E-state index in [-0.39, 0.29) is 0 Å². The number of benzene rings is 1. The first-order valence-electron chi connectivity index (χ1n) is 6.83. The maximum Gasteiger partial charge on any atom is 0.0396 e. The van der Waals surface area contributed by atoms with E-state index < -0.39 is 0 Å². The second-order valence-corrected chi connectivity index (χ2v) is 4.99. The summed E-state index contributed by atoms with van der Waals surface area (Å²) in [6.45, 7) is 4.58. The monoisotopic (exact) mass is 232 g/mol. The average Bonchev–Trinajstić information content (AvgIpc) is 2.89. The molecule has 1 aliphatic rings. The molecule has 1 fully saturated rings. The molecule has 1 N–H and O–H groups in total. The number of nitrogens with one attached hydrogen (secondary N) is 1. The second kappa shape index (κ2) is 6.06. The Morgan fingerprint density at radius 1 is 1.35 bits per heavy atom. The van der Waals surface area contributed by atoms with Crippen molar-refractivity contribution >= 4 is 5.69 Å². The van der Waals surface area contributed by atoms with E-state index in [1.54, 1.807) is 0 Å². The largest absolute Gasteiger partial charge is 0.374 e. The first kappa shape index (κ1) is 12.4. The smallest absolute Gasteiger partial charge is 0.0396 e. The molecule has 1 atom stereocenters. The van der Waals surface area contributed by atoms with Gasteiger partial charge in [-0.2, -0.15) is 0 Å². The van der Waals surface area contributed by atoms with Crippen LogP contribution in [0.1, 0.15) is 31.7 Å². The lowest BCUT2D eigenvalue weighted by Gasteiger charge is -2.23. The molecule has 0 aliphatic carbocycles. The zero-order valence-electron chi connectivity index (χ0n) is 11.1. The summed E-state index contributed by atoms with van der Waals surface area (Å²) in [7, 11) is 2.21. The summed E-state index contributed by atoms with van der Waals surface area (Å²) >= 11 is 0. The van der Waals surface area contributed by atoms with Crippen molar-refractivity contribution in [3.8, 4) is 0 Å². The molecular formula is C15H24N2. The van der Waals surface area contributed by atoms with E-state index in [1.165, 1.54) is 37.1 Å². The quantitative estimate of drug-likeness (QED) is 0.840. The fraction of sp³-hybridized carbons (Fsp3) is 0.600. The van der Waals surface area contributed by atoms with Gasteiger partial charge in [0.2, 0.25) is 0 Å². The van der Waals surface area contributed by atoms with Gasteiger partial charge in [0, 0.05) is 25.3 Å². The highest BCUT2D eigenvalue weighted by molar-refractivity contribution is 5.52. The van der Waals surface area contributed by atoms with Crippen LogP contribution in [0, 0.1) is 0 Å². The van der Waals surface area contributed by atoms with Gasteiger partial charge in [-0.15, -0.1) is 0 Å². The highest BCUT2D eigenvalue weighted by Crippen LogP contribution is 2.20. The lowest BCUT2D eigenvalue weighted by molar-refractivity contribution is 0.559. The fourth-order valence-corrected chi connectivity index (χ4v) is 2.66. The first-order valence-corrected chi connectivity index (χ1v) is 6.83. The third kappa shape index (κ3) is 3.22. The second-order valence-electron chi connectivity index (χ2n) is 4.99. The molecule has 1 aromatic rings. The lowest BCUT2D eigenvalue weighted by atomic mass is 10.1. The van der Waals surface area contributed by atoms with Crippen LogP contribution in [-0.4, -0.2) is 26.2 Å². The van der Waals surface area contributed by atoms with Crippen LogP contribution in [0.3, 0.4) is 0 Å². The van der Waals surface area contributed by atoms with Crippen molar-refractivity contribution < 1.29 is 0 Å². The summed E-state index contributed by atoms with van der Waals surface area (Å²) in [4.78, 5) is 2.40. The Bertz CT molecular complexity index is 343. The Kier molecular flexibility index (Phi) is 4.43. The highest BCUT2D eigenvalue weighted by Gasteiger charge is 2.14. The van der Waals surface area contributed by atoms with Gasteiger partial charge < -0.3 is 10.2 Å². The molecular weight excluding hydrogens is 208 g/mol. The molecule has 2 rings (SSSR count). The minimum atomic E-state index is 0.742. The van der Waals surface area contributed by atoms with Gasteiger partial charge in [0.1, 0.15) is 0 Å². The summed E-state index contributed by atoms with van der Waals surface area (Å²) in [5.41, 5.74) is 2.85. The van der Waals surface area contributed by atoms with E-state index in [4.69, 9.17) is 0 Å². The summed E-state index contributed by atoms with van der Waals surface area (Å²) in [6, 6.07) is 9.49. The van der Waals surface area contributed by atoms with E-state index >= 15 is 0 Å². The van der Waals surface area contributed by atoms with Crippen LogP contribution in [0.5, 0.6) is 0 Å². The van der Waals surface area contributed by atoms with Crippen molar-refractivity contribution in [3.05, 3.63) is 29.8 Å². The third-order valence-electron chi connectivity index (χ3n) is 3.76. The minimum absolute atomic E-state index is 0.742. The zero-order valence-corrected chi connectivity index (χ0v) is 11.1. The number of para-hydroxylation sites is 1. The standard InChI is InChI=1S/C15H24N2/c1-3-13-7-4-5-9-15(13)17(2)12-10-14-8-6-11-16-14/h4-5,7,9,14,16H,3,6,8,10-12H2,1-2H3. The first-order chi connectivity index (χ1) is 8.31. The van der Waals surface area contributed by atoms with Crippen molar-refractivity contribution in [1.29, 1.82) is 0 Å². The molecule has 1 heterocycles. The van der Waals surface area contributed by atoms with E-state index in [0.717, 1.165) is 19.0 Å². The summed E-state index contributed by atoms with van der Waals surface area (Å²) in [5.74, 6) is 0. The fourth-order valence-electron chi connectivity index (χ4n) is 2.66. The molecule has 17 heavy (non-hydrogen) atoms. The molecule has 0 amide bonds. The van der Waals surface area contributed by atoms with Crippen molar-refractivity contribution in [2.24, 2.45) is 0 Å². The summed E-state index contributed by atoms with van der Waals surface area (Å²) < 4.78 is 0. The van der Waals surface area contributed by atoms with Crippen LogP contribution in [-0.2, 0) is 6.42 Å². The molecule has 0 bridgehead atoms. The normalized spacial score (nSPS) is 19.5. The van der Waals surface area contributed by atoms with Gasteiger partial charge in [0.15, 0.2) is 0 Å². The Morgan fingerprint density at radius 2 is 2.18 bits per heavy atom. The van der Waals surface area contributed by atoms with E-state index in [1.807, 2.05) is 0 Å². The Hall–Kier alpha value is -1.02. The number of hydrogen-bond donors (Lipinski definition) is 1. The molecule has 1 saturated heterocycles. The topological polar surface area (TPSA) is 15.3 Å². The SMILES string of the molecule is CCc1ccccc1N(C)CCC1CCCN1. The van der Waals surface area contributed by atoms with E-state index in [9.17, 15) is 0 Å². The van der Waals surface area contributed by atoms with Crippen LogP contribution in [0.15, 0.2) is 24.3 Å². The van der Waals surface area contributed by atoms with Crippen LogP contribution in [0.4, 0.5) is 5.69 Å². The van der Waals surface area contributed by atoms with Crippen molar-refractivity contribution in [2.45, 2.75) is 38.6 Å². The average molecular weight is 232 g/mol. The zero-order chi connectivity index (χ0) is 12.1. The molecule has 1 aromatic carbocycles. The maximum atomic E-state index is 3.57. The van der Waals surface area contributed by atoms with Crippen LogP contribution >= 0.6 is 0 Å². The molecule has 0 radical (unpaired) electrons. The molecule has 0 saturated carbocycles. The van der Waals surface area contributed by atoms with Crippen LogP contribution in [0.25, 0.3) is 0 Å². The van der Waals surface area contributed by atoms with Crippen molar-refractivity contribution in [2.75, 3.05) is 25.0 Å².